The zero-order chi connectivity index (χ0) is 56.9. The summed E-state index contributed by atoms with van der Waals surface area (Å²) in [5.41, 5.74) is 4.31. The van der Waals surface area contributed by atoms with Crippen LogP contribution >= 0.6 is 0 Å². The molecule has 2 bridgehead atoms. The monoisotopic (exact) mass is 1050 g/mol. The minimum absolute atomic E-state index is 0. The second-order valence-electron chi connectivity index (χ2n) is 17.8. The number of ether oxygens (including phenoxy) is 1. The van der Waals surface area contributed by atoms with Crippen LogP contribution in [-0.4, -0.2) is 21.6 Å². The van der Waals surface area contributed by atoms with Gasteiger partial charge in [-0.3, -0.25) is 0 Å². The molecule has 12 rings (SSSR count). The third kappa shape index (κ3) is 7.16. The van der Waals surface area contributed by atoms with Gasteiger partial charge in [0.05, 0.1) is 20.6 Å². The van der Waals surface area contributed by atoms with Crippen LogP contribution in [0.3, 0.4) is 0 Å². The van der Waals surface area contributed by atoms with Crippen molar-refractivity contribution in [1.82, 2.24) is 9.55 Å². The van der Waals surface area contributed by atoms with E-state index in [2.05, 4.69) is 56.0 Å². The molecule has 1 aliphatic heterocycles. The molecule has 328 valence electrons. The Morgan fingerprint density at radius 2 is 1.29 bits per heavy atom. The first-order valence-corrected chi connectivity index (χ1v) is 21.6. The summed E-state index contributed by atoms with van der Waals surface area (Å²) in [6, 6.07) is 21.9. The van der Waals surface area contributed by atoms with Gasteiger partial charge in [-0.05, 0) is 70.4 Å². The number of benzene rings is 7. The van der Waals surface area contributed by atoms with Crippen LogP contribution in [0.5, 0.6) is 11.5 Å². The molecule has 2 aromatic heterocycles. The largest absolute Gasteiger partial charge is 0.519 e. The van der Waals surface area contributed by atoms with E-state index < -0.39 is 84.0 Å². The number of fused-ring (bicyclic) bond motifs is 8. The average molecular weight is 1050 g/mol. The Kier molecular flexibility index (Phi) is 7.15. The van der Waals surface area contributed by atoms with Crippen molar-refractivity contribution in [2.45, 2.75) is 51.6 Å². The summed E-state index contributed by atoms with van der Waals surface area (Å²) in [5.74, 6) is 1.24. The van der Waals surface area contributed by atoms with Crippen LogP contribution in [0.25, 0.3) is 61.0 Å². The summed E-state index contributed by atoms with van der Waals surface area (Å²) in [5, 5.41) is 1.79. The van der Waals surface area contributed by atoms with Crippen molar-refractivity contribution >= 4 is 33.2 Å². The number of rotatable bonds is 8. The van der Waals surface area contributed by atoms with Crippen molar-refractivity contribution in [3.05, 3.63) is 212 Å². The molecule has 2 fully saturated rings. The van der Waals surface area contributed by atoms with E-state index in [1.165, 1.54) is 6.20 Å². The fourth-order valence-corrected chi connectivity index (χ4v) is 9.98. The van der Waals surface area contributed by atoms with Gasteiger partial charge in [0.1, 0.15) is 5.82 Å². The predicted molar refractivity (Wildman–Crippen MR) is 267 cm³/mol. The van der Waals surface area contributed by atoms with Gasteiger partial charge in [0.25, 0.3) is 0 Å². The number of hydrogen-bond acceptors (Lipinski definition) is 4. The van der Waals surface area contributed by atoms with Gasteiger partial charge in [-0.25, -0.2) is 4.98 Å². The first-order chi connectivity index (χ1) is 38.0. The van der Waals surface area contributed by atoms with E-state index in [0.717, 1.165) is 28.3 Å². The molecule has 3 heterocycles. The first kappa shape index (κ1) is 28.4. The molecular formula is C60H49N4OPt-3. The second-order valence-corrected chi connectivity index (χ2v) is 17.8. The maximum absolute atomic E-state index is 9.17. The van der Waals surface area contributed by atoms with Gasteiger partial charge < -0.3 is 19.1 Å². The summed E-state index contributed by atoms with van der Waals surface area (Å²) in [6.07, 6.45) is 6.66. The SMILES string of the molecule is [2H]c1c([2H])c([2H])c(-c2cnc(-n3c4[c-]c(Oc5[c-]c(N6[CH-]N(c7c(-c8c([2H])c([2H])c([2H])c([2H])c8[2H])cccc7-c7c([2H])c([2H])c([2H])c([2H])c7[2H])C7C8C=C[C@H](C8)[C@@H]76)cc(C(C)(C)C)c5)ccc4c4ccccc43)cc2C)c([2H])c1[2H].[Pt]. The number of hydrogen-bond donors (Lipinski definition) is 0. The fourth-order valence-electron chi connectivity index (χ4n) is 9.98. The molecular weight excluding hydrogens is 988 g/mol. The van der Waals surface area contributed by atoms with Crippen LogP contribution in [0.1, 0.15) is 58.9 Å². The molecule has 0 N–H and O–H groups in total. The standard InChI is InChI=1S/C60H49N4O.Pt/c1-39-31-56(61-37-53(39)42-21-12-7-13-22-42)64-54-26-15-14-23-51(54)52-30-29-47(36-55(52)64)65-48-34-45(60(2,3)4)33-46(35-48)62-38-63(58-44-28-27-43(32-44)57(58)62)59-49(40-17-8-5-9-18-40)24-16-25-50(59)41-19-10-6-11-20-41;/h5-31,33-34,37-38,43-44,57-58H,32H2,1-4H3;/q-3;/t43-,44?,57+,58?;/m1./s1/i5D,6D,7D,8D,9D,10D,11D,12D,13D,17D,18D,19D,20D,21D,22D;. The summed E-state index contributed by atoms with van der Waals surface area (Å²) in [7, 11) is 0. The summed E-state index contributed by atoms with van der Waals surface area (Å²) < 4.78 is 139. The number of aromatic nitrogens is 2. The molecule has 0 amide bonds. The number of anilines is 2. The summed E-state index contributed by atoms with van der Waals surface area (Å²) in [4.78, 5) is 8.96. The third-order valence-electron chi connectivity index (χ3n) is 12.9. The van der Waals surface area contributed by atoms with Gasteiger partial charge >= 0.3 is 0 Å². The minimum Gasteiger partial charge on any atom is -0.519 e. The van der Waals surface area contributed by atoms with E-state index >= 15 is 0 Å². The fraction of sp³-hybridized carbons (Fsp3) is 0.167. The Hall–Kier alpha value is -6.68. The Morgan fingerprint density at radius 3 is 1.92 bits per heavy atom. The molecule has 7 aromatic carbocycles. The van der Waals surface area contributed by atoms with Crippen LogP contribution < -0.4 is 14.5 Å². The third-order valence-corrected chi connectivity index (χ3v) is 12.9. The molecule has 9 aromatic rings. The van der Waals surface area contributed by atoms with Gasteiger partial charge in [0.15, 0.2) is 0 Å². The molecule has 0 spiro atoms. The Morgan fingerprint density at radius 1 is 0.667 bits per heavy atom. The zero-order valence-electron chi connectivity index (χ0n) is 51.3. The number of pyridine rings is 1. The van der Waals surface area contributed by atoms with Crippen molar-refractivity contribution < 1.29 is 46.4 Å². The summed E-state index contributed by atoms with van der Waals surface area (Å²) in [6.45, 7) is 10.0. The molecule has 6 heteroatoms. The Balaban J connectivity index is 0.00000690. The van der Waals surface area contributed by atoms with Gasteiger partial charge in [-0.1, -0.05) is 165 Å². The maximum atomic E-state index is 9.17. The van der Waals surface area contributed by atoms with E-state index in [1.807, 2.05) is 71.6 Å². The van der Waals surface area contributed by atoms with Crippen molar-refractivity contribution in [2.24, 2.45) is 11.8 Å². The molecule has 1 saturated carbocycles. The first-order valence-electron chi connectivity index (χ1n) is 29.1. The van der Waals surface area contributed by atoms with Gasteiger partial charge in [0, 0.05) is 78.7 Å². The quantitative estimate of drug-likeness (QED) is 0.112. The molecule has 66 heavy (non-hydrogen) atoms. The van der Waals surface area contributed by atoms with E-state index in [-0.39, 0.29) is 84.9 Å². The van der Waals surface area contributed by atoms with Crippen LogP contribution in [0.2, 0.25) is 0 Å². The summed E-state index contributed by atoms with van der Waals surface area (Å²) >= 11 is 0. The molecule has 3 aliphatic rings. The molecule has 5 nitrogen and oxygen atoms in total. The van der Waals surface area contributed by atoms with Crippen LogP contribution in [0.4, 0.5) is 11.4 Å². The number of nitrogens with zero attached hydrogens (tertiary/aromatic N) is 4. The Bertz CT molecular complexity index is 4020. The topological polar surface area (TPSA) is 33.5 Å². The van der Waals surface area contributed by atoms with Crippen LogP contribution in [-0.2, 0) is 26.5 Å². The van der Waals surface area contributed by atoms with Crippen LogP contribution in [0, 0.1) is 37.6 Å². The Labute approximate surface area is 423 Å². The molecule has 4 atom stereocenters. The zero-order valence-corrected chi connectivity index (χ0v) is 38.5. The normalized spacial score (nSPS) is 21.7. The molecule has 0 radical (unpaired) electrons. The number of para-hydroxylation sites is 2. The second kappa shape index (κ2) is 16.6. The minimum atomic E-state index is -0.564. The van der Waals surface area contributed by atoms with Gasteiger partial charge in [-0.2, -0.15) is 12.7 Å². The van der Waals surface area contributed by atoms with Crippen molar-refractivity contribution in [3.63, 3.8) is 0 Å². The average Bonchev–Trinajstić information content (AvgIpc) is 2.55. The van der Waals surface area contributed by atoms with Gasteiger partial charge in [0.2, 0.25) is 0 Å². The van der Waals surface area contributed by atoms with E-state index in [9.17, 15) is 0 Å². The van der Waals surface area contributed by atoms with Crippen molar-refractivity contribution in [1.29, 1.82) is 0 Å². The van der Waals surface area contributed by atoms with Crippen molar-refractivity contribution in [2.75, 3.05) is 9.80 Å². The van der Waals surface area contributed by atoms with Gasteiger partial charge in [-0.15, -0.1) is 47.0 Å². The molecule has 2 unspecified atom stereocenters. The van der Waals surface area contributed by atoms with E-state index in [4.69, 9.17) is 30.3 Å². The van der Waals surface area contributed by atoms with Crippen LogP contribution in [0.15, 0.2) is 182 Å². The predicted octanol–water partition coefficient (Wildman–Crippen LogP) is 14.6. The number of aryl methyl sites for hydroxylation is 1. The smallest absolute Gasteiger partial charge is 0.135 e. The molecule has 2 aliphatic carbocycles. The maximum Gasteiger partial charge on any atom is 0.135 e. The van der Waals surface area contributed by atoms with E-state index in [0.29, 0.717) is 45.3 Å². The van der Waals surface area contributed by atoms with Crippen molar-refractivity contribution in [3.8, 4) is 50.7 Å². The van der Waals surface area contributed by atoms with E-state index in [1.54, 1.807) is 18.2 Å². The molecule has 1 saturated heterocycles.